The van der Waals surface area contributed by atoms with E-state index in [0.717, 1.165) is 0 Å². The second-order valence-corrected chi connectivity index (χ2v) is 13.0. The van der Waals surface area contributed by atoms with E-state index in [1.807, 2.05) is 0 Å². The molecule has 0 fully saturated rings. The first-order chi connectivity index (χ1) is 13.4. The van der Waals surface area contributed by atoms with Crippen LogP contribution in [0.25, 0.3) is 0 Å². The van der Waals surface area contributed by atoms with Crippen LogP contribution in [0.3, 0.4) is 0 Å². The lowest BCUT2D eigenvalue weighted by Gasteiger charge is -2.39. The summed E-state index contributed by atoms with van der Waals surface area (Å²) in [6.07, 6.45) is 0. The maximum absolute atomic E-state index is 3.92. The zero-order valence-corrected chi connectivity index (χ0v) is 18.7. The fourth-order valence-electron chi connectivity index (χ4n) is 4.11. The molecule has 3 rings (SSSR count). The highest BCUT2D eigenvalue weighted by Gasteiger charge is 2.47. The van der Waals surface area contributed by atoms with Gasteiger partial charge in [0.1, 0.15) is 0 Å². The Morgan fingerprint density at radius 2 is 1.18 bits per heavy atom. The normalized spacial score (nSPS) is 12.8. The van der Waals surface area contributed by atoms with Crippen molar-refractivity contribution in [2.75, 3.05) is 0 Å². The highest BCUT2D eigenvalue weighted by molar-refractivity contribution is 7.10. The Bertz CT molecular complexity index is 930. The molecule has 0 radical (unpaired) electrons. The lowest BCUT2D eigenvalue weighted by molar-refractivity contribution is 0.740. The molecule has 3 aromatic rings. The molecule has 1 atom stereocenters. The summed E-state index contributed by atoms with van der Waals surface area (Å²) in [5.41, 5.74) is 6.56. The summed E-state index contributed by atoms with van der Waals surface area (Å²) in [7, 11) is -2.32. The summed E-state index contributed by atoms with van der Waals surface area (Å²) in [6, 6.07) is 30.5. The number of hydrogen-bond acceptors (Lipinski definition) is 0. The average Bonchev–Trinajstić information content (AvgIpc) is 2.69. The summed E-state index contributed by atoms with van der Waals surface area (Å²) in [6.45, 7) is 11.5. The topological polar surface area (TPSA) is 0 Å². The molecule has 142 valence electrons. The lowest BCUT2D eigenvalue weighted by Crippen LogP contribution is -2.63. The van der Waals surface area contributed by atoms with E-state index in [4.69, 9.17) is 0 Å². The standard InChI is InChI=1S/C27H30Si/c1-22-14-12-13-19-26(22)23(2)20-21-28(27(3,4)5,24-15-8-6-9-16-24)25-17-10-7-11-18-25/h6-19,23H,1-5H3/t23-/m1/s1. The summed E-state index contributed by atoms with van der Waals surface area (Å²) < 4.78 is 0. The van der Waals surface area contributed by atoms with Crippen molar-refractivity contribution < 1.29 is 0 Å². The monoisotopic (exact) mass is 382 g/mol. The van der Waals surface area contributed by atoms with Crippen molar-refractivity contribution >= 4 is 18.4 Å². The predicted octanol–water partition coefficient (Wildman–Crippen LogP) is 5.70. The Morgan fingerprint density at radius 1 is 0.714 bits per heavy atom. The molecule has 1 heteroatoms. The first-order valence-corrected chi connectivity index (χ1v) is 12.1. The van der Waals surface area contributed by atoms with Crippen LogP contribution in [0.1, 0.15) is 44.7 Å². The van der Waals surface area contributed by atoms with Gasteiger partial charge < -0.3 is 0 Å². The first kappa shape index (κ1) is 20.2. The van der Waals surface area contributed by atoms with Crippen LogP contribution in [0.2, 0.25) is 5.04 Å². The van der Waals surface area contributed by atoms with Gasteiger partial charge >= 0.3 is 0 Å². The first-order valence-electron chi connectivity index (χ1n) is 10.1. The minimum absolute atomic E-state index is 0.0636. The van der Waals surface area contributed by atoms with Gasteiger partial charge in [-0.1, -0.05) is 106 Å². The maximum Gasteiger partial charge on any atom is 0.204 e. The third kappa shape index (κ3) is 3.84. The second kappa shape index (κ2) is 8.21. The molecule has 3 aromatic carbocycles. The molecular weight excluding hydrogens is 352 g/mol. The van der Waals surface area contributed by atoms with Gasteiger partial charge in [-0.25, -0.2) is 0 Å². The second-order valence-electron chi connectivity index (χ2n) is 8.58. The van der Waals surface area contributed by atoms with E-state index in [0.29, 0.717) is 0 Å². The molecule has 0 heterocycles. The van der Waals surface area contributed by atoms with Gasteiger partial charge in [-0.2, -0.15) is 0 Å². The fourth-order valence-corrected chi connectivity index (χ4v) is 8.65. The summed E-state index contributed by atoms with van der Waals surface area (Å²) in [5.74, 6) is 3.91. The Labute approximate surface area is 171 Å². The molecular formula is C27H30Si. The van der Waals surface area contributed by atoms with Gasteiger partial charge in [-0.05, 0) is 40.4 Å². The van der Waals surface area contributed by atoms with Crippen LogP contribution in [-0.2, 0) is 0 Å². The molecule has 0 amide bonds. The molecule has 0 aliphatic heterocycles. The van der Waals surface area contributed by atoms with E-state index < -0.39 is 8.07 Å². The van der Waals surface area contributed by atoms with Gasteiger partial charge in [-0.3, -0.25) is 0 Å². The molecule has 0 aromatic heterocycles. The van der Waals surface area contributed by atoms with E-state index in [-0.39, 0.29) is 11.0 Å². The van der Waals surface area contributed by atoms with Gasteiger partial charge in [0.05, 0.1) is 0 Å². The van der Waals surface area contributed by atoms with Gasteiger partial charge in [-0.15, -0.1) is 11.5 Å². The third-order valence-corrected chi connectivity index (χ3v) is 10.8. The summed E-state index contributed by atoms with van der Waals surface area (Å²) in [5, 5.41) is 2.84. The Kier molecular flexibility index (Phi) is 5.92. The Balaban J connectivity index is 2.22. The van der Waals surface area contributed by atoms with Crippen molar-refractivity contribution in [3.05, 3.63) is 96.1 Å². The number of hydrogen-bond donors (Lipinski definition) is 0. The summed E-state index contributed by atoms with van der Waals surface area (Å²) >= 11 is 0. The zero-order chi connectivity index (χ0) is 20.2. The van der Waals surface area contributed by atoms with Crippen molar-refractivity contribution in [1.82, 2.24) is 0 Å². The number of rotatable bonds is 3. The molecule has 0 aliphatic rings. The molecule has 0 saturated heterocycles. The van der Waals surface area contributed by atoms with Crippen molar-refractivity contribution in [1.29, 1.82) is 0 Å². The van der Waals surface area contributed by atoms with E-state index in [1.54, 1.807) is 0 Å². The molecule has 0 aliphatic carbocycles. The highest BCUT2D eigenvalue weighted by Crippen LogP contribution is 2.35. The SMILES string of the molecule is Cc1ccccc1[C@H](C)C#C[Si](c1ccccc1)(c1ccccc1)C(C)(C)C. The minimum atomic E-state index is -2.32. The smallest absolute Gasteiger partial charge is 0.119 e. The average molecular weight is 383 g/mol. The van der Waals surface area contributed by atoms with Gasteiger partial charge in [0.25, 0.3) is 0 Å². The van der Waals surface area contributed by atoms with Crippen molar-refractivity contribution in [3.63, 3.8) is 0 Å². The summed E-state index contributed by atoms with van der Waals surface area (Å²) in [4.78, 5) is 0. The fraction of sp³-hybridized carbons (Fsp3) is 0.259. The van der Waals surface area contributed by atoms with Gasteiger partial charge in [0.15, 0.2) is 0 Å². The van der Waals surface area contributed by atoms with Crippen LogP contribution in [0.15, 0.2) is 84.9 Å². The molecule has 0 saturated carbocycles. The predicted molar refractivity (Wildman–Crippen MR) is 125 cm³/mol. The maximum atomic E-state index is 3.92. The van der Waals surface area contributed by atoms with Crippen molar-refractivity contribution in [2.24, 2.45) is 0 Å². The van der Waals surface area contributed by atoms with Crippen LogP contribution < -0.4 is 10.4 Å². The van der Waals surface area contributed by atoms with E-state index in [9.17, 15) is 0 Å². The number of aryl methyl sites for hydroxylation is 1. The van der Waals surface area contributed by atoms with Crippen LogP contribution in [0.5, 0.6) is 0 Å². The van der Waals surface area contributed by atoms with E-state index in [1.165, 1.54) is 21.5 Å². The molecule has 28 heavy (non-hydrogen) atoms. The van der Waals surface area contributed by atoms with Crippen molar-refractivity contribution in [2.45, 2.75) is 45.6 Å². The van der Waals surface area contributed by atoms with Gasteiger partial charge in [0, 0.05) is 5.92 Å². The minimum Gasteiger partial charge on any atom is -0.119 e. The largest absolute Gasteiger partial charge is 0.204 e. The zero-order valence-electron chi connectivity index (χ0n) is 17.7. The van der Waals surface area contributed by atoms with Crippen LogP contribution >= 0.6 is 0 Å². The Hall–Kier alpha value is -2.56. The molecule has 0 spiro atoms. The quantitative estimate of drug-likeness (QED) is 0.402. The highest BCUT2D eigenvalue weighted by atomic mass is 28.3. The molecule has 0 N–H and O–H groups in total. The molecule has 0 bridgehead atoms. The van der Waals surface area contributed by atoms with Crippen LogP contribution in [0, 0.1) is 18.4 Å². The van der Waals surface area contributed by atoms with Crippen LogP contribution in [-0.4, -0.2) is 8.07 Å². The lowest BCUT2D eigenvalue weighted by atomic mass is 9.97. The van der Waals surface area contributed by atoms with Crippen LogP contribution in [0.4, 0.5) is 0 Å². The van der Waals surface area contributed by atoms with Crippen molar-refractivity contribution in [3.8, 4) is 11.5 Å². The van der Waals surface area contributed by atoms with E-state index in [2.05, 4.69) is 131 Å². The number of benzene rings is 3. The molecule has 0 unspecified atom stereocenters. The third-order valence-electron chi connectivity index (χ3n) is 5.67. The molecule has 0 nitrogen and oxygen atoms in total. The van der Waals surface area contributed by atoms with E-state index >= 15 is 0 Å². The Morgan fingerprint density at radius 3 is 1.64 bits per heavy atom. The van der Waals surface area contributed by atoms with Gasteiger partial charge in [0.2, 0.25) is 8.07 Å².